The highest BCUT2D eigenvalue weighted by atomic mass is 16.2. The Morgan fingerprint density at radius 3 is 2.63 bits per heavy atom. The monoisotopic (exact) mass is 258 g/mol. The van der Waals surface area contributed by atoms with Crippen molar-refractivity contribution in [3.63, 3.8) is 0 Å². The fourth-order valence-corrected chi connectivity index (χ4v) is 3.08. The lowest BCUT2D eigenvalue weighted by atomic mass is 9.82. The van der Waals surface area contributed by atoms with Gasteiger partial charge in [-0.05, 0) is 31.4 Å². The quantitative estimate of drug-likeness (QED) is 0.871. The van der Waals surface area contributed by atoms with E-state index < -0.39 is 0 Å². The Hall–Kier alpha value is -1.35. The molecule has 1 saturated heterocycles. The summed E-state index contributed by atoms with van der Waals surface area (Å²) >= 11 is 0. The van der Waals surface area contributed by atoms with E-state index in [1.807, 2.05) is 6.07 Å². The van der Waals surface area contributed by atoms with E-state index in [1.54, 1.807) is 0 Å². The third-order valence-electron chi connectivity index (χ3n) is 4.51. The minimum absolute atomic E-state index is 0.240. The molecule has 1 heterocycles. The third-order valence-corrected chi connectivity index (χ3v) is 4.51. The van der Waals surface area contributed by atoms with Gasteiger partial charge in [0.2, 0.25) is 5.91 Å². The Morgan fingerprint density at radius 2 is 1.95 bits per heavy atom. The molecule has 0 bridgehead atoms. The van der Waals surface area contributed by atoms with Crippen LogP contribution in [0.1, 0.15) is 37.2 Å². The van der Waals surface area contributed by atoms with Gasteiger partial charge < -0.3 is 10.6 Å². The normalized spacial score (nSPS) is 27.6. The number of piperidine rings is 1. The molecule has 1 saturated carbocycles. The van der Waals surface area contributed by atoms with Gasteiger partial charge in [0.15, 0.2) is 0 Å². The molecule has 2 fully saturated rings. The van der Waals surface area contributed by atoms with Crippen molar-refractivity contribution in [3.05, 3.63) is 35.9 Å². The van der Waals surface area contributed by atoms with Gasteiger partial charge in [0.1, 0.15) is 0 Å². The average Bonchev–Trinajstić information content (AvgIpc) is 2.38. The number of benzene rings is 1. The van der Waals surface area contributed by atoms with Gasteiger partial charge >= 0.3 is 0 Å². The second-order valence-corrected chi connectivity index (χ2v) is 5.75. The fourth-order valence-electron chi connectivity index (χ4n) is 3.08. The first-order chi connectivity index (χ1) is 9.34. The first kappa shape index (κ1) is 12.7. The van der Waals surface area contributed by atoms with Gasteiger partial charge in [-0.1, -0.05) is 36.8 Å². The third kappa shape index (κ3) is 2.81. The molecular formula is C16H22N2O. The molecule has 1 aliphatic carbocycles. The molecule has 1 aromatic rings. The summed E-state index contributed by atoms with van der Waals surface area (Å²) in [5.74, 6) is 0.991. The Morgan fingerprint density at radius 1 is 1.16 bits per heavy atom. The summed E-state index contributed by atoms with van der Waals surface area (Å²) in [7, 11) is 0. The summed E-state index contributed by atoms with van der Waals surface area (Å²) < 4.78 is 0. The summed E-state index contributed by atoms with van der Waals surface area (Å²) in [4.78, 5) is 12.1. The zero-order valence-corrected chi connectivity index (χ0v) is 11.3. The molecule has 102 valence electrons. The summed E-state index contributed by atoms with van der Waals surface area (Å²) in [6.45, 7) is 1.92. The number of carbonyl (C=O) groups is 1. The van der Waals surface area contributed by atoms with Crippen LogP contribution in [0.4, 0.5) is 0 Å². The standard InChI is InChI=1S/C16H22N2O/c19-16(13-7-4-8-13)18-15-11-17-10-9-14(15)12-5-2-1-3-6-12/h1-3,5-6,13-15,17H,4,7-11H2,(H,18,19). The van der Waals surface area contributed by atoms with E-state index in [4.69, 9.17) is 0 Å². The van der Waals surface area contributed by atoms with Gasteiger partial charge in [0.05, 0.1) is 0 Å². The smallest absolute Gasteiger partial charge is 0.223 e. The van der Waals surface area contributed by atoms with Crippen LogP contribution >= 0.6 is 0 Å². The van der Waals surface area contributed by atoms with Crippen molar-refractivity contribution in [2.45, 2.75) is 37.6 Å². The Bertz CT molecular complexity index is 428. The predicted octanol–water partition coefficient (Wildman–Crippen LogP) is 2.05. The molecule has 2 N–H and O–H groups in total. The van der Waals surface area contributed by atoms with Gasteiger partial charge in [-0.2, -0.15) is 0 Å². The van der Waals surface area contributed by atoms with Gasteiger partial charge in [0, 0.05) is 24.4 Å². The predicted molar refractivity (Wildman–Crippen MR) is 75.9 cm³/mol. The molecule has 0 spiro atoms. The van der Waals surface area contributed by atoms with Crippen LogP contribution in [0.15, 0.2) is 30.3 Å². The van der Waals surface area contributed by atoms with Gasteiger partial charge in [-0.3, -0.25) is 4.79 Å². The van der Waals surface area contributed by atoms with Gasteiger partial charge in [-0.25, -0.2) is 0 Å². The molecule has 1 aromatic carbocycles. The van der Waals surface area contributed by atoms with E-state index in [9.17, 15) is 4.79 Å². The molecular weight excluding hydrogens is 236 g/mol. The summed E-state index contributed by atoms with van der Waals surface area (Å²) in [6, 6.07) is 10.8. The number of hydrogen-bond acceptors (Lipinski definition) is 2. The zero-order valence-electron chi connectivity index (χ0n) is 11.3. The lowest BCUT2D eigenvalue weighted by Gasteiger charge is -2.35. The minimum Gasteiger partial charge on any atom is -0.351 e. The van der Waals surface area contributed by atoms with E-state index in [1.165, 1.54) is 12.0 Å². The average molecular weight is 258 g/mol. The van der Waals surface area contributed by atoms with Crippen LogP contribution in [-0.4, -0.2) is 25.0 Å². The molecule has 2 unspecified atom stereocenters. The van der Waals surface area contributed by atoms with Crippen molar-refractivity contribution in [1.82, 2.24) is 10.6 Å². The van der Waals surface area contributed by atoms with Crippen molar-refractivity contribution in [1.29, 1.82) is 0 Å². The van der Waals surface area contributed by atoms with Crippen LogP contribution < -0.4 is 10.6 Å². The maximum atomic E-state index is 12.1. The van der Waals surface area contributed by atoms with Crippen molar-refractivity contribution in [3.8, 4) is 0 Å². The number of nitrogens with one attached hydrogen (secondary N) is 2. The second kappa shape index (κ2) is 5.74. The van der Waals surface area contributed by atoms with Crippen molar-refractivity contribution < 1.29 is 4.79 Å². The molecule has 0 radical (unpaired) electrons. The number of amides is 1. The largest absolute Gasteiger partial charge is 0.351 e. The van der Waals surface area contributed by atoms with E-state index in [2.05, 4.69) is 34.9 Å². The zero-order chi connectivity index (χ0) is 13.1. The summed E-state index contributed by atoms with van der Waals surface area (Å²) in [5, 5.41) is 6.67. The number of hydrogen-bond donors (Lipinski definition) is 2. The Labute approximate surface area is 114 Å². The van der Waals surface area contributed by atoms with Crippen LogP contribution in [-0.2, 0) is 4.79 Å². The lowest BCUT2D eigenvalue weighted by molar-refractivity contribution is -0.128. The summed E-state index contributed by atoms with van der Waals surface area (Å²) in [6.07, 6.45) is 4.45. The van der Waals surface area contributed by atoms with Crippen molar-refractivity contribution in [2.75, 3.05) is 13.1 Å². The first-order valence-electron chi connectivity index (χ1n) is 7.40. The van der Waals surface area contributed by atoms with Crippen LogP contribution in [0.25, 0.3) is 0 Å². The van der Waals surface area contributed by atoms with Crippen molar-refractivity contribution >= 4 is 5.91 Å². The molecule has 0 aromatic heterocycles. The fraction of sp³-hybridized carbons (Fsp3) is 0.562. The molecule has 19 heavy (non-hydrogen) atoms. The molecule has 3 rings (SSSR count). The molecule has 3 heteroatoms. The molecule has 3 nitrogen and oxygen atoms in total. The van der Waals surface area contributed by atoms with Gasteiger partial charge in [0.25, 0.3) is 0 Å². The maximum absolute atomic E-state index is 12.1. The maximum Gasteiger partial charge on any atom is 0.223 e. The molecule has 1 aliphatic heterocycles. The summed E-state index contributed by atoms with van der Waals surface area (Å²) in [5.41, 5.74) is 1.35. The van der Waals surface area contributed by atoms with Crippen LogP contribution in [0.3, 0.4) is 0 Å². The van der Waals surface area contributed by atoms with E-state index in [0.717, 1.165) is 32.4 Å². The first-order valence-corrected chi connectivity index (χ1v) is 7.40. The van der Waals surface area contributed by atoms with E-state index >= 15 is 0 Å². The van der Waals surface area contributed by atoms with Crippen LogP contribution in [0.5, 0.6) is 0 Å². The highest BCUT2D eigenvalue weighted by molar-refractivity contribution is 5.79. The topological polar surface area (TPSA) is 41.1 Å². The second-order valence-electron chi connectivity index (χ2n) is 5.75. The van der Waals surface area contributed by atoms with Crippen molar-refractivity contribution in [2.24, 2.45) is 5.92 Å². The molecule has 1 amide bonds. The van der Waals surface area contributed by atoms with Crippen LogP contribution in [0, 0.1) is 5.92 Å². The number of rotatable bonds is 3. The molecule has 2 aliphatic rings. The van der Waals surface area contributed by atoms with E-state index in [-0.39, 0.29) is 17.9 Å². The molecule has 2 atom stereocenters. The van der Waals surface area contributed by atoms with E-state index in [0.29, 0.717) is 5.92 Å². The van der Waals surface area contributed by atoms with Crippen LogP contribution in [0.2, 0.25) is 0 Å². The minimum atomic E-state index is 0.240. The lowest BCUT2D eigenvalue weighted by Crippen LogP contribution is -2.52. The SMILES string of the molecule is O=C(NC1CNCCC1c1ccccc1)C1CCC1. The highest BCUT2D eigenvalue weighted by Crippen LogP contribution is 2.29. The number of carbonyl (C=O) groups excluding carboxylic acids is 1. The van der Waals surface area contributed by atoms with Gasteiger partial charge in [-0.15, -0.1) is 0 Å². The Balaban J connectivity index is 1.68. The Kier molecular flexibility index (Phi) is 3.83. The highest BCUT2D eigenvalue weighted by Gasteiger charge is 2.31.